The van der Waals surface area contributed by atoms with E-state index >= 15 is 0 Å². The molecule has 3 amide bonds. The lowest BCUT2D eigenvalue weighted by molar-refractivity contribution is -0.139. The first kappa shape index (κ1) is 27.2. The second kappa shape index (κ2) is 12.4. The maximum absolute atomic E-state index is 13.1. The monoisotopic (exact) mass is 494 g/mol. The van der Waals surface area contributed by atoms with Crippen LogP contribution in [0.25, 0.3) is 0 Å². The highest BCUT2D eigenvalue weighted by atomic mass is 19.4. The van der Waals surface area contributed by atoms with Crippen LogP contribution in [-0.4, -0.2) is 44.2 Å². The minimum Gasteiger partial charge on any atom is -0.493 e. The third-order valence-electron chi connectivity index (χ3n) is 4.31. The molecule has 0 atom stereocenters. The number of carbonyl (C=O) groups excluding carboxylic acids is 3. The van der Waals surface area contributed by atoms with Crippen molar-refractivity contribution >= 4 is 29.6 Å². The Kier molecular flexibility index (Phi) is 9.62. The summed E-state index contributed by atoms with van der Waals surface area (Å²) in [6.45, 7) is 3.55. The first-order chi connectivity index (χ1) is 16.5. The summed E-state index contributed by atoms with van der Waals surface area (Å²) in [6, 6.07) is 9.06. The maximum atomic E-state index is 13.1. The molecule has 3 N–H and O–H groups in total. The van der Waals surface area contributed by atoms with Crippen LogP contribution in [0, 0.1) is 5.92 Å². The van der Waals surface area contributed by atoms with E-state index in [1.807, 2.05) is 13.8 Å². The fourth-order valence-corrected chi connectivity index (χ4v) is 2.65. The lowest BCUT2D eigenvalue weighted by atomic mass is 10.1. The number of ether oxygens (including phenoxy) is 2. The van der Waals surface area contributed by atoms with Gasteiger partial charge in [0.15, 0.2) is 18.1 Å². The fourth-order valence-electron chi connectivity index (χ4n) is 2.65. The van der Waals surface area contributed by atoms with Crippen molar-refractivity contribution in [3.63, 3.8) is 0 Å². The Balaban J connectivity index is 1.96. The van der Waals surface area contributed by atoms with Gasteiger partial charge in [-0.3, -0.25) is 14.4 Å². The van der Waals surface area contributed by atoms with Gasteiger partial charge in [-0.15, -0.1) is 0 Å². The lowest BCUT2D eigenvalue weighted by Gasteiger charge is -2.14. The van der Waals surface area contributed by atoms with Gasteiger partial charge in [0.1, 0.15) is 0 Å². The molecule has 0 aliphatic rings. The van der Waals surface area contributed by atoms with Gasteiger partial charge in [-0.2, -0.15) is 18.3 Å². The number of rotatable bonds is 9. The average molecular weight is 494 g/mol. The van der Waals surface area contributed by atoms with Crippen LogP contribution in [0.5, 0.6) is 11.5 Å². The molecule has 9 nitrogen and oxygen atoms in total. The molecule has 2 rings (SSSR count). The van der Waals surface area contributed by atoms with Gasteiger partial charge in [0.05, 0.1) is 24.6 Å². The summed E-state index contributed by atoms with van der Waals surface area (Å²) in [4.78, 5) is 35.5. The van der Waals surface area contributed by atoms with Crippen LogP contribution >= 0.6 is 0 Å². The van der Waals surface area contributed by atoms with Crippen molar-refractivity contribution in [2.24, 2.45) is 11.0 Å². The zero-order valence-corrected chi connectivity index (χ0v) is 19.2. The third-order valence-corrected chi connectivity index (χ3v) is 4.31. The number of benzene rings is 2. The van der Waals surface area contributed by atoms with Crippen molar-refractivity contribution in [2.45, 2.75) is 20.0 Å². The molecule has 0 aliphatic carbocycles. The standard InChI is InChI=1S/C23H25F3N4O5/c1-14(2)11-27-21(32)22(33)30-28-12-15-8-9-18(19(10-15)34-3)35-13-20(31)29-17-7-5-4-6-16(17)23(24,25)26/h4-10,12,14H,11,13H2,1-3H3,(H,27,32)(H,29,31)(H,30,33)/b28-12-. The maximum Gasteiger partial charge on any atom is 0.418 e. The number of para-hydroxylation sites is 1. The van der Waals surface area contributed by atoms with Crippen molar-refractivity contribution in [2.75, 3.05) is 25.6 Å². The Bertz CT molecular complexity index is 1090. The molecular weight excluding hydrogens is 469 g/mol. The van der Waals surface area contributed by atoms with Gasteiger partial charge in [0, 0.05) is 6.54 Å². The molecule has 0 saturated heterocycles. The quantitative estimate of drug-likeness (QED) is 0.282. The van der Waals surface area contributed by atoms with Crippen LogP contribution in [-0.2, 0) is 20.6 Å². The van der Waals surface area contributed by atoms with E-state index in [-0.39, 0.29) is 23.1 Å². The molecule has 2 aromatic carbocycles. The van der Waals surface area contributed by atoms with Gasteiger partial charge < -0.3 is 20.1 Å². The van der Waals surface area contributed by atoms with Crippen molar-refractivity contribution in [3.05, 3.63) is 53.6 Å². The van der Waals surface area contributed by atoms with E-state index in [4.69, 9.17) is 9.47 Å². The summed E-state index contributed by atoms with van der Waals surface area (Å²) >= 11 is 0. The van der Waals surface area contributed by atoms with Crippen molar-refractivity contribution < 1.29 is 37.0 Å². The first-order valence-corrected chi connectivity index (χ1v) is 10.4. The van der Waals surface area contributed by atoms with Crippen LogP contribution in [0.2, 0.25) is 0 Å². The Morgan fingerprint density at radius 1 is 1.06 bits per heavy atom. The molecule has 0 bridgehead atoms. The van der Waals surface area contributed by atoms with Crippen LogP contribution in [0.15, 0.2) is 47.6 Å². The topological polar surface area (TPSA) is 118 Å². The molecular formula is C23H25F3N4O5. The number of nitrogens with zero attached hydrogens (tertiary/aromatic N) is 1. The van der Waals surface area contributed by atoms with E-state index < -0.39 is 36.1 Å². The molecule has 0 aliphatic heterocycles. The van der Waals surface area contributed by atoms with Crippen LogP contribution < -0.4 is 25.5 Å². The summed E-state index contributed by atoms with van der Waals surface area (Å²) in [5.74, 6) is -1.99. The Hall–Kier alpha value is -4.09. The summed E-state index contributed by atoms with van der Waals surface area (Å²) < 4.78 is 49.8. The van der Waals surface area contributed by atoms with Gasteiger partial charge in [0.2, 0.25) is 0 Å². The number of methoxy groups -OCH3 is 1. The van der Waals surface area contributed by atoms with E-state index in [1.165, 1.54) is 43.7 Å². The molecule has 0 aromatic heterocycles. The lowest BCUT2D eigenvalue weighted by Crippen LogP contribution is -2.39. The summed E-state index contributed by atoms with van der Waals surface area (Å²) in [5, 5.41) is 8.34. The molecule has 188 valence electrons. The van der Waals surface area contributed by atoms with Crippen molar-refractivity contribution in [3.8, 4) is 11.5 Å². The Labute approximate surface area is 199 Å². The second-order valence-electron chi connectivity index (χ2n) is 7.59. The number of alkyl halides is 3. The molecule has 0 fully saturated rings. The van der Waals surface area contributed by atoms with Gasteiger partial charge in [-0.05, 0) is 41.8 Å². The highest BCUT2D eigenvalue weighted by Crippen LogP contribution is 2.34. The largest absolute Gasteiger partial charge is 0.493 e. The summed E-state index contributed by atoms with van der Waals surface area (Å²) in [5.41, 5.74) is 1.22. The van der Waals surface area contributed by atoms with E-state index in [2.05, 4.69) is 21.2 Å². The minimum atomic E-state index is -4.62. The van der Waals surface area contributed by atoms with Crippen molar-refractivity contribution in [1.82, 2.24) is 10.7 Å². The Morgan fingerprint density at radius 2 is 1.77 bits per heavy atom. The normalized spacial score (nSPS) is 11.3. The average Bonchev–Trinajstić information content (AvgIpc) is 2.81. The van der Waals surface area contributed by atoms with E-state index in [1.54, 1.807) is 0 Å². The number of carbonyl (C=O) groups is 3. The second-order valence-corrected chi connectivity index (χ2v) is 7.59. The Morgan fingerprint density at radius 3 is 2.43 bits per heavy atom. The number of hydrogen-bond acceptors (Lipinski definition) is 6. The summed E-state index contributed by atoms with van der Waals surface area (Å²) in [7, 11) is 1.35. The zero-order chi connectivity index (χ0) is 26.0. The molecule has 2 aromatic rings. The number of nitrogens with one attached hydrogen (secondary N) is 3. The molecule has 12 heteroatoms. The molecule has 35 heavy (non-hydrogen) atoms. The molecule has 0 saturated carbocycles. The number of amides is 3. The number of anilines is 1. The number of hydrogen-bond donors (Lipinski definition) is 3. The highest BCUT2D eigenvalue weighted by Gasteiger charge is 2.33. The van der Waals surface area contributed by atoms with Crippen LogP contribution in [0.3, 0.4) is 0 Å². The van der Waals surface area contributed by atoms with Gasteiger partial charge in [-0.25, -0.2) is 5.43 Å². The fraction of sp³-hybridized carbons (Fsp3) is 0.304. The number of halogens is 3. The van der Waals surface area contributed by atoms with Crippen LogP contribution in [0.4, 0.5) is 18.9 Å². The van der Waals surface area contributed by atoms with E-state index in [0.29, 0.717) is 12.1 Å². The smallest absolute Gasteiger partial charge is 0.418 e. The van der Waals surface area contributed by atoms with Gasteiger partial charge in [-0.1, -0.05) is 26.0 Å². The van der Waals surface area contributed by atoms with Gasteiger partial charge >= 0.3 is 18.0 Å². The molecule has 0 radical (unpaired) electrons. The SMILES string of the molecule is COc1cc(/C=N\NC(=O)C(=O)NCC(C)C)ccc1OCC(=O)Nc1ccccc1C(F)(F)F. The van der Waals surface area contributed by atoms with E-state index in [9.17, 15) is 27.6 Å². The minimum absolute atomic E-state index is 0.154. The first-order valence-electron chi connectivity index (χ1n) is 10.4. The highest BCUT2D eigenvalue weighted by molar-refractivity contribution is 6.35. The predicted molar refractivity (Wildman–Crippen MR) is 122 cm³/mol. The predicted octanol–water partition coefficient (Wildman–Crippen LogP) is 2.95. The number of hydrazone groups is 1. The van der Waals surface area contributed by atoms with Crippen LogP contribution in [0.1, 0.15) is 25.0 Å². The van der Waals surface area contributed by atoms with Crippen molar-refractivity contribution in [1.29, 1.82) is 0 Å². The third kappa shape index (κ3) is 8.65. The summed E-state index contributed by atoms with van der Waals surface area (Å²) in [6.07, 6.45) is -3.36. The molecule has 0 heterocycles. The molecule has 0 spiro atoms. The van der Waals surface area contributed by atoms with E-state index in [0.717, 1.165) is 12.1 Å². The molecule has 0 unspecified atom stereocenters. The van der Waals surface area contributed by atoms with Gasteiger partial charge in [0.25, 0.3) is 5.91 Å². The zero-order valence-electron chi connectivity index (χ0n) is 19.2.